The van der Waals surface area contributed by atoms with Gasteiger partial charge < -0.3 is 15.1 Å². The molecular formula is C16H23NO2. The summed E-state index contributed by atoms with van der Waals surface area (Å²) >= 11 is 0. The van der Waals surface area contributed by atoms with Crippen LogP contribution < -0.4 is 0 Å². The number of benzene rings is 1. The van der Waals surface area contributed by atoms with Gasteiger partial charge in [0, 0.05) is 25.1 Å². The van der Waals surface area contributed by atoms with E-state index >= 15 is 0 Å². The Labute approximate surface area is 115 Å². The van der Waals surface area contributed by atoms with Crippen molar-refractivity contribution in [2.45, 2.75) is 32.4 Å². The van der Waals surface area contributed by atoms with Crippen molar-refractivity contribution >= 4 is 0 Å². The molecule has 1 aromatic carbocycles. The smallest absolute Gasteiger partial charge is 0.0540 e. The highest BCUT2D eigenvalue weighted by atomic mass is 16.3. The Balaban J connectivity index is 2.46. The third-order valence-electron chi connectivity index (χ3n) is 2.80. The van der Waals surface area contributed by atoms with Crippen molar-refractivity contribution in [1.82, 2.24) is 4.90 Å². The standard InChI is InChI=1S/C16H23NO2/c1-14(19)10-11-17(2)13-16-8-6-15(7-9-16)5-3-4-12-18/h6-9,14,18-19H,4,10-13H2,1-2H3. The monoisotopic (exact) mass is 261 g/mol. The SMILES string of the molecule is CC(O)CCN(C)Cc1ccc(C#CCCO)cc1. The van der Waals surface area contributed by atoms with Crippen LogP contribution in [-0.2, 0) is 6.54 Å². The van der Waals surface area contributed by atoms with Crippen LogP contribution in [0.3, 0.4) is 0 Å². The Kier molecular flexibility index (Phi) is 7.20. The summed E-state index contributed by atoms with van der Waals surface area (Å²) in [4.78, 5) is 2.19. The van der Waals surface area contributed by atoms with Crippen LogP contribution >= 0.6 is 0 Å². The number of hydrogen-bond donors (Lipinski definition) is 2. The normalized spacial score (nSPS) is 12.1. The lowest BCUT2D eigenvalue weighted by Crippen LogP contribution is -2.22. The number of nitrogens with zero attached hydrogens (tertiary/aromatic N) is 1. The van der Waals surface area contributed by atoms with Crippen molar-refractivity contribution in [3.8, 4) is 11.8 Å². The van der Waals surface area contributed by atoms with E-state index in [1.807, 2.05) is 19.1 Å². The van der Waals surface area contributed by atoms with Crippen molar-refractivity contribution in [3.05, 3.63) is 35.4 Å². The van der Waals surface area contributed by atoms with Crippen LogP contribution in [0.5, 0.6) is 0 Å². The van der Waals surface area contributed by atoms with Crippen LogP contribution in [0.1, 0.15) is 30.9 Å². The zero-order chi connectivity index (χ0) is 14.1. The molecule has 2 N–H and O–H groups in total. The van der Waals surface area contributed by atoms with E-state index in [1.165, 1.54) is 5.56 Å². The Hall–Kier alpha value is -1.34. The first-order valence-corrected chi connectivity index (χ1v) is 6.67. The fourth-order valence-electron chi connectivity index (χ4n) is 1.71. The van der Waals surface area contributed by atoms with E-state index in [1.54, 1.807) is 0 Å². The Morgan fingerprint density at radius 2 is 1.95 bits per heavy atom. The molecule has 0 aliphatic carbocycles. The molecule has 0 bridgehead atoms. The summed E-state index contributed by atoms with van der Waals surface area (Å²) < 4.78 is 0. The molecule has 1 aromatic rings. The molecule has 0 radical (unpaired) electrons. The van der Waals surface area contributed by atoms with Gasteiger partial charge in [0.15, 0.2) is 0 Å². The minimum absolute atomic E-state index is 0.110. The van der Waals surface area contributed by atoms with Crippen LogP contribution in [0.4, 0.5) is 0 Å². The Bertz CT molecular complexity index is 415. The van der Waals surface area contributed by atoms with Gasteiger partial charge in [-0.1, -0.05) is 24.0 Å². The molecule has 3 nitrogen and oxygen atoms in total. The first-order chi connectivity index (χ1) is 9.11. The van der Waals surface area contributed by atoms with E-state index < -0.39 is 0 Å². The van der Waals surface area contributed by atoms with Gasteiger partial charge in [0.1, 0.15) is 0 Å². The lowest BCUT2D eigenvalue weighted by molar-refractivity contribution is 0.163. The van der Waals surface area contributed by atoms with Crippen LogP contribution in [0.25, 0.3) is 0 Å². The lowest BCUT2D eigenvalue weighted by atomic mass is 10.1. The predicted octanol–water partition coefficient (Wildman–Crippen LogP) is 1.62. The minimum Gasteiger partial charge on any atom is -0.395 e. The third kappa shape index (κ3) is 6.97. The molecule has 3 heteroatoms. The van der Waals surface area contributed by atoms with Crippen molar-refractivity contribution in [1.29, 1.82) is 0 Å². The summed E-state index contributed by atoms with van der Waals surface area (Å²) in [6.07, 6.45) is 1.07. The molecule has 0 aliphatic heterocycles. The van der Waals surface area contributed by atoms with Crippen molar-refractivity contribution in [2.24, 2.45) is 0 Å². The summed E-state index contributed by atoms with van der Waals surface area (Å²) in [7, 11) is 2.05. The molecule has 0 saturated heterocycles. The average Bonchev–Trinajstić information content (AvgIpc) is 2.39. The van der Waals surface area contributed by atoms with Crippen LogP contribution in [0, 0.1) is 11.8 Å². The molecular weight excluding hydrogens is 238 g/mol. The van der Waals surface area contributed by atoms with Gasteiger partial charge in [-0.25, -0.2) is 0 Å². The highest BCUT2D eigenvalue weighted by Crippen LogP contribution is 2.07. The maximum atomic E-state index is 9.25. The highest BCUT2D eigenvalue weighted by molar-refractivity contribution is 5.36. The maximum Gasteiger partial charge on any atom is 0.0540 e. The first-order valence-electron chi connectivity index (χ1n) is 6.67. The fourth-order valence-corrected chi connectivity index (χ4v) is 1.71. The summed E-state index contributed by atoms with van der Waals surface area (Å²) in [5, 5.41) is 17.9. The summed E-state index contributed by atoms with van der Waals surface area (Å²) in [5.74, 6) is 5.92. The second-order valence-corrected chi connectivity index (χ2v) is 4.85. The molecule has 0 heterocycles. The van der Waals surface area contributed by atoms with E-state index in [-0.39, 0.29) is 12.7 Å². The summed E-state index contributed by atoms with van der Waals surface area (Å²) in [6.45, 7) is 3.68. The molecule has 0 spiro atoms. The molecule has 104 valence electrons. The molecule has 0 saturated carbocycles. The number of hydrogen-bond acceptors (Lipinski definition) is 3. The van der Waals surface area contributed by atoms with Gasteiger partial charge in [0.05, 0.1) is 12.7 Å². The van der Waals surface area contributed by atoms with Crippen molar-refractivity contribution < 1.29 is 10.2 Å². The molecule has 0 aromatic heterocycles. The summed E-state index contributed by atoms with van der Waals surface area (Å²) in [5.41, 5.74) is 2.21. The third-order valence-corrected chi connectivity index (χ3v) is 2.80. The Morgan fingerprint density at radius 3 is 2.53 bits per heavy atom. The zero-order valence-electron chi connectivity index (χ0n) is 11.8. The molecule has 1 unspecified atom stereocenters. The van der Waals surface area contributed by atoms with Gasteiger partial charge >= 0.3 is 0 Å². The molecule has 0 aliphatic rings. The average molecular weight is 261 g/mol. The van der Waals surface area contributed by atoms with Gasteiger partial charge in [-0.05, 0) is 38.1 Å². The largest absolute Gasteiger partial charge is 0.395 e. The minimum atomic E-state index is -0.244. The van der Waals surface area contributed by atoms with Crippen LogP contribution in [0.15, 0.2) is 24.3 Å². The topological polar surface area (TPSA) is 43.7 Å². The fraction of sp³-hybridized carbons (Fsp3) is 0.500. The zero-order valence-corrected chi connectivity index (χ0v) is 11.8. The number of aliphatic hydroxyl groups is 2. The lowest BCUT2D eigenvalue weighted by Gasteiger charge is -2.17. The van der Waals surface area contributed by atoms with Crippen LogP contribution in [-0.4, -0.2) is 41.4 Å². The van der Waals surface area contributed by atoms with Gasteiger partial charge in [0.2, 0.25) is 0 Å². The van der Waals surface area contributed by atoms with Crippen molar-refractivity contribution in [2.75, 3.05) is 20.2 Å². The van der Waals surface area contributed by atoms with E-state index in [0.29, 0.717) is 6.42 Å². The van der Waals surface area contributed by atoms with Gasteiger partial charge in [-0.15, -0.1) is 0 Å². The summed E-state index contributed by atoms with van der Waals surface area (Å²) in [6, 6.07) is 8.15. The molecule has 1 rings (SSSR count). The molecule has 0 amide bonds. The highest BCUT2D eigenvalue weighted by Gasteiger charge is 2.02. The number of rotatable bonds is 6. The van der Waals surface area contributed by atoms with E-state index in [0.717, 1.165) is 25.1 Å². The van der Waals surface area contributed by atoms with Gasteiger partial charge in [-0.2, -0.15) is 0 Å². The Morgan fingerprint density at radius 1 is 1.26 bits per heavy atom. The van der Waals surface area contributed by atoms with Gasteiger partial charge in [0.25, 0.3) is 0 Å². The van der Waals surface area contributed by atoms with Crippen LogP contribution in [0.2, 0.25) is 0 Å². The van der Waals surface area contributed by atoms with Crippen molar-refractivity contribution in [3.63, 3.8) is 0 Å². The number of aliphatic hydroxyl groups excluding tert-OH is 2. The molecule has 19 heavy (non-hydrogen) atoms. The second-order valence-electron chi connectivity index (χ2n) is 4.85. The second kappa shape index (κ2) is 8.71. The first kappa shape index (κ1) is 15.7. The van der Waals surface area contributed by atoms with E-state index in [2.05, 4.69) is 35.9 Å². The van der Waals surface area contributed by atoms with Gasteiger partial charge in [-0.3, -0.25) is 0 Å². The quantitative estimate of drug-likeness (QED) is 0.765. The van der Waals surface area contributed by atoms with E-state index in [4.69, 9.17) is 5.11 Å². The molecule has 1 atom stereocenters. The maximum absolute atomic E-state index is 9.25. The predicted molar refractivity (Wildman–Crippen MR) is 77.7 cm³/mol. The molecule has 0 fully saturated rings. The van der Waals surface area contributed by atoms with E-state index in [9.17, 15) is 5.11 Å².